The summed E-state index contributed by atoms with van der Waals surface area (Å²) in [4.78, 5) is 29.0. The average molecular weight is 430 g/mol. The summed E-state index contributed by atoms with van der Waals surface area (Å²) < 4.78 is 10.5. The van der Waals surface area contributed by atoms with Crippen LogP contribution >= 0.6 is 0 Å². The van der Waals surface area contributed by atoms with Gasteiger partial charge in [-0.25, -0.2) is 0 Å². The SMILES string of the molecule is COC(=O)C1(C(=O)OC)Cc2cccc(C)c2N(Cc2ccccc2)[C@H]1c1ccccc1. The van der Waals surface area contributed by atoms with Crippen LogP contribution in [0.4, 0.5) is 5.69 Å². The number of para-hydroxylation sites is 1. The lowest BCUT2D eigenvalue weighted by Gasteiger charge is -2.49. The van der Waals surface area contributed by atoms with Crippen molar-refractivity contribution in [1.82, 2.24) is 0 Å². The van der Waals surface area contributed by atoms with Crippen LogP contribution in [0.25, 0.3) is 0 Å². The number of carbonyl (C=O) groups is 2. The Morgan fingerprint density at radius 1 is 0.875 bits per heavy atom. The largest absolute Gasteiger partial charge is 0.468 e. The molecule has 4 rings (SSSR count). The molecule has 1 heterocycles. The fourth-order valence-corrected chi connectivity index (χ4v) is 4.93. The van der Waals surface area contributed by atoms with E-state index in [1.54, 1.807) is 0 Å². The number of nitrogens with zero attached hydrogens (tertiary/aromatic N) is 1. The second-order valence-electron chi connectivity index (χ2n) is 8.14. The van der Waals surface area contributed by atoms with E-state index in [0.29, 0.717) is 6.54 Å². The first-order chi connectivity index (χ1) is 15.5. The molecule has 0 saturated carbocycles. The normalized spacial score (nSPS) is 16.7. The maximum atomic E-state index is 13.4. The van der Waals surface area contributed by atoms with Gasteiger partial charge in [0.05, 0.1) is 20.3 Å². The Morgan fingerprint density at radius 3 is 2.06 bits per heavy atom. The summed E-state index contributed by atoms with van der Waals surface area (Å²) in [5.41, 5.74) is 3.43. The molecule has 5 heteroatoms. The highest BCUT2D eigenvalue weighted by atomic mass is 16.5. The van der Waals surface area contributed by atoms with Gasteiger partial charge in [0.2, 0.25) is 0 Å². The van der Waals surface area contributed by atoms with Crippen molar-refractivity contribution >= 4 is 17.6 Å². The molecule has 1 aliphatic heterocycles. The second-order valence-corrected chi connectivity index (χ2v) is 8.14. The molecule has 0 bridgehead atoms. The molecule has 1 aliphatic rings. The third-order valence-corrected chi connectivity index (χ3v) is 6.27. The lowest BCUT2D eigenvalue weighted by molar-refractivity contribution is -0.171. The number of hydrogen-bond acceptors (Lipinski definition) is 5. The first-order valence-electron chi connectivity index (χ1n) is 10.6. The molecule has 3 aromatic rings. The molecular formula is C27H27NO4. The number of anilines is 1. The van der Waals surface area contributed by atoms with Gasteiger partial charge in [-0.3, -0.25) is 9.59 Å². The summed E-state index contributed by atoms with van der Waals surface area (Å²) >= 11 is 0. The van der Waals surface area contributed by atoms with E-state index in [1.165, 1.54) is 14.2 Å². The Morgan fingerprint density at radius 2 is 1.47 bits per heavy atom. The van der Waals surface area contributed by atoms with Crippen molar-refractivity contribution in [3.63, 3.8) is 0 Å². The third-order valence-electron chi connectivity index (χ3n) is 6.27. The van der Waals surface area contributed by atoms with Crippen molar-refractivity contribution in [2.75, 3.05) is 19.1 Å². The molecule has 0 saturated heterocycles. The summed E-state index contributed by atoms with van der Waals surface area (Å²) in [6.07, 6.45) is 0.203. The summed E-state index contributed by atoms with van der Waals surface area (Å²) in [6.45, 7) is 2.58. The summed E-state index contributed by atoms with van der Waals surface area (Å²) in [5.74, 6) is -1.19. The summed E-state index contributed by atoms with van der Waals surface area (Å²) in [7, 11) is 2.64. The van der Waals surface area contributed by atoms with E-state index in [2.05, 4.69) is 17.9 Å². The van der Waals surface area contributed by atoms with Crippen molar-refractivity contribution in [1.29, 1.82) is 0 Å². The number of carbonyl (C=O) groups excluding carboxylic acids is 2. The van der Waals surface area contributed by atoms with Crippen molar-refractivity contribution in [3.8, 4) is 0 Å². The van der Waals surface area contributed by atoms with E-state index in [1.807, 2.05) is 72.8 Å². The van der Waals surface area contributed by atoms with E-state index < -0.39 is 23.4 Å². The fraction of sp³-hybridized carbons (Fsp3) is 0.259. The topological polar surface area (TPSA) is 55.8 Å². The van der Waals surface area contributed by atoms with Gasteiger partial charge in [-0.1, -0.05) is 78.9 Å². The number of methoxy groups -OCH3 is 2. The van der Waals surface area contributed by atoms with Crippen molar-refractivity contribution in [2.45, 2.75) is 25.9 Å². The van der Waals surface area contributed by atoms with Crippen molar-refractivity contribution < 1.29 is 19.1 Å². The standard InChI is InChI=1S/C27H27NO4/c1-19-11-10-16-22-17-27(25(29)31-2,26(30)32-3)24(21-14-8-5-9-15-21)28(23(19)22)18-20-12-6-4-7-13-20/h4-16,24H,17-18H2,1-3H3/t24-/m0/s1. The monoisotopic (exact) mass is 429 g/mol. The molecule has 0 radical (unpaired) electrons. The second kappa shape index (κ2) is 8.87. The Labute approximate surface area is 188 Å². The fourth-order valence-electron chi connectivity index (χ4n) is 4.93. The maximum absolute atomic E-state index is 13.4. The lowest BCUT2D eigenvalue weighted by atomic mass is 9.68. The first kappa shape index (κ1) is 21.6. The molecular weight excluding hydrogens is 402 g/mol. The van der Waals surface area contributed by atoms with Gasteiger partial charge in [0, 0.05) is 18.7 Å². The highest BCUT2D eigenvalue weighted by Gasteiger charge is 2.60. The molecule has 5 nitrogen and oxygen atoms in total. The number of rotatable bonds is 5. The zero-order valence-electron chi connectivity index (χ0n) is 18.6. The molecule has 0 fully saturated rings. The predicted molar refractivity (Wildman–Crippen MR) is 123 cm³/mol. The molecule has 32 heavy (non-hydrogen) atoms. The predicted octanol–water partition coefficient (Wildman–Crippen LogP) is 4.63. The molecule has 0 aromatic heterocycles. The van der Waals surface area contributed by atoms with Gasteiger partial charge in [-0.15, -0.1) is 0 Å². The molecule has 0 spiro atoms. The summed E-state index contributed by atoms with van der Waals surface area (Å²) in [6, 6.07) is 25.1. The molecule has 0 aliphatic carbocycles. The van der Waals surface area contributed by atoms with E-state index >= 15 is 0 Å². The number of esters is 2. The van der Waals surface area contributed by atoms with E-state index in [4.69, 9.17) is 9.47 Å². The minimum absolute atomic E-state index is 0.203. The van der Waals surface area contributed by atoms with E-state index in [0.717, 1.165) is 27.9 Å². The Kier molecular flexibility index (Phi) is 5.99. The van der Waals surface area contributed by atoms with Crippen LogP contribution in [-0.4, -0.2) is 26.2 Å². The van der Waals surface area contributed by atoms with Crippen molar-refractivity contribution in [3.05, 3.63) is 101 Å². The molecule has 0 unspecified atom stereocenters. The van der Waals surface area contributed by atoms with Crippen LogP contribution in [0, 0.1) is 12.3 Å². The third kappa shape index (κ3) is 3.54. The van der Waals surface area contributed by atoms with Crippen LogP contribution < -0.4 is 4.90 Å². The van der Waals surface area contributed by atoms with Gasteiger partial charge in [-0.2, -0.15) is 0 Å². The van der Waals surface area contributed by atoms with Gasteiger partial charge in [0.15, 0.2) is 5.41 Å². The highest BCUT2D eigenvalue weighted by molar-refractivity contribution is 6.03. The lowest BCUT2D eigenvalue weighted by Crippen LogP contribution is -2.56. The first-order valence-corrected chi connectivity index (χ1v) is 10.6. The molecule has 0 N–H and O–H groups in total. The van der Waals surface area contributed by atoms with Crippen LogP contribution in [0.1, 0.15) is 28.3 Å². The minimum Gasteiger partial charge on any atom is -0.468 e. The minimum atomic E-state index is -1.54. The van der Waals surface area contributed by atoms with E-state index in [-0.39, 0.29) is 6.42 Å². The molecule has 1 atom stereocenters. The smallest absolute Gasteiger partial charge is 0.326 e. The van der Waals surface area contributed by atoms with Gasteiger partial charge >= 0.3 is 11.9 Å². The van der Waals surface area contributed by atoms with Crippen molar-refractivity contribution in [2.24, 2.45) is 5.41 Å². The van der Waals surface area contributed by atoms with Crippen LogP contribution in [0.3, 0.4) is 0 Å². The Balaban J connectivity index is 2.03. The van der Waals surface area contributed by atoms with Crippen LogP contribution in [0.15, 0.2) is 78.9 Å². The van der Waals surface area contributed by atoms with Gasteiger partial charge in [0.1, 0.15) is 0 Å². The number of hydrogen-bond donors (Lipinski definition) is 0. The van der Waals surface area contributed by atoms with Gasteiger partial charge in [-0.05, 0) is 29.2 Å². The van der Waals surface area contributed by atoms with Crippen LogP contribution in [0.5, 0.6) is 0 Å². The molecule has 164 valence electrons. The molecule has 0 amide bonds. The van der Waals surface area contributed by atoms with E-state index in [9.17, 15) is 9.59 Å². The number of aryl methyl sites for hydroxylation is 1. The highest BCUT2D eigenvalue weighted by Crippen LogP contribution is 2.52. The Bertz CT molecular complexity index is 1100. The van der Waals surface area contributed by atoms with Crippen LogP contribution in [-0.2, 0) is 32.0 Å². The van der Waals surface area contributed by atoms with Gasteiger partial charge in [0.25, 0.3) is 0 Å². The Hall–Kier alpha value is -3.60. The number of benzene rings is 3. The van der Waals surface area contributed by atoms with Crippen LogP contribution in [0.2, 0.25) is 0 Å². The number of fused-ring (bicyclic) bond motifs is 1. The zero-order valence-corrected chi connectivity index (χ0v) is 18.6. The maximum Gasteiger partial charge on any atom is 0.326 e. The summed E-state index contributed by atoms with van der Waals surface area (Å²) in [5, 5.41) is 0. The zero-order chi connectivity index (χ0) is 22.7. The quantitative estimate of drug-likeness (QED) is 0.437. The average Bonchev–Trinajstić information content (AvgIpc) is 2.83. The number of ether oxygens (including phenoxy) is 2. The van der Waals surface area contributed by atoms with Gasteiger partial charge < -0.3 is 14.4 Å². The molecule has 3 aromatic carbocycles.